The largest absolute Gasteiger partial charge is 0.497 e. The maximum atomic E-state index is 12.7. The number of sulfonamides is 1. The molecule has 7 heteroatoms. The van der Waals surface area contributed by atoms with Crippen LogP contribution in [0.5, 0.6) is 11.5 Å². The maximum absolute atomic E-state index is 12.7. The second-order valence-electron chi connectivity index (χ2n) is 4.78. The van der Waals surface area contributed by atoms with Crippen LogP contribution < -0.4 is 15.2 Å². The molecule has 1 atom stereocenters. The summed E-state index contributed by atoms with van der Waals surface area (Å²) in [6, 6.07) is 4.58. The van der Waals surface area contributed by atoms with E-state index in [1.807, 2.05) is 0 Å². The number of methoxy groups -OCH3 is 2. The number of nitrogens with zero attached hydrogens (tertiary/aromatic N) is 1. The van der Waals surface area contributed by atoms with E-state index in [0.717, 1.165) is 12.8 Å². The van der Waals surface area contributed by atoms with Crippen molar-refractivity contribution in [3.8, 4) is 11.5 Å². The van der Waals surface area contributed by atoms with E-state index in [0.29, 0.717) is 18.8 Å². The average molecular weight is 300 g/mol. The maximum Gasteiger partial charge on any atom is 0.246 e. The van der Waals surface area contributed by atoms with Crippen molar-refractivity contribution < 1.29 is 17.9 Å². The van der Waals surface area contributed by atoms with Gasteiger partial charge in [0.15, 0.2) is 0 Å². The Labute approximate surface area is 119 Å². The fraction of sp³-hybridized carbons (Fsp3) is 0.538. The van der Waals surface area contributed by atoms with Gasteiger partial charge in [0.25, 0.3) is 0 Å². The lowest BCUT2D eigenvalue weighted by molar-refractivity contribution is 0.314. The third kappa shape index (κ3) is 2.89. The molecule has 112 valence electrons. The predicted octanol–water partition coefficient (Wildman–Crippen LogP) is 0.816. The zero-order valence-corrected chi connectivity index (χ0v) is 12.5. The van der Waals surface area contributed by atoms with Crippen LogP contribution in [0.25, 0.3) is 0 Å². The number of hydrogen-bond acceptors (Lipinski definition) is 5. The topological polar surface area (TPSA) is 81.9 Å². The molecule has 0 saturated carbocycles. The molecule has 1 aliphatic heterocycles. The molecular formula is C13H20N2O4S. The number of nitrogens with two attached hydrogens (primary N) is 1. The highest BCUT2D eigenvalue weighted by atomic mass is 32.2. The van der Waals surface area contributed by atoms with E-state index in [1.165, 1.54) is 24.6 Å². The van der Waals surface area contributed by atoms with Crippen LogP contribution >= 0.6 is 0 Å². The van der Waals surface area contributed by atoms with Crippen LogP contribution in [0.4, 0.5) is 0 Å². The Balaban J connectivity index is 2.38. The van der Waals surface area contributed by atoms with Crippen molar-refractivity contribution in [1.82, 2.24) is 4.31 Å². The zero-order chi connectivity index (χ0) is 14.8. The van der Waals surface area contributed by atoms with Crippen molar-refractivity contribution in [2.45, 2.75) is 23.8 Å². The second kappa shape index (κ2) is 5.99. The van der Waals surface area contributed by atoms with E-state index in [4.69, 9.17) is 15.2 Å². The summed E-state index contributed by atoms with van der Waals surface area (Å²) in [5.41, 5.74) is 5.86. The van der Waals surface area contributed by atoms with Gasteiger partial charge in [-0.3, -0.25) is 0 Å². The van der Waals surface area contributed by atoms with Crippen molar-refractivity contribution in [2.75, 3.05) is 27.3 Å². The molecule has 0 aliphatic carbocycles. The summed E-state index contributed by atoms with van der Waals surface area (Å²) >= 11 is 0. The van der Waals surface area contributed by atoms with Crippen LogP contribution in [0.1, 0.15) is 12.8 Å². The molecule has 2 rings (SSSR count). The second-order valence-corrected chi connectivity index (χ2v) is 6.69. The summed E-state index contributed by atoms with van der Waals surface area (Å²) in [7, 11) is -0.629. The third-order valence-electron chi connectivity index (χ3n) is 3.41. The Kier molecular flexibility index (Phi) is 4.52. The molecule has 1 fully saturated rings. The van der Waals surface area contributed by atoms with E-state index in [-0.39, 0.29) is 16.7 Å². The van der Waals surface area contributed by atoms with Gasteiger partial charge in [-0.25, -0.2) is 8.42 Å². The lowest BCUT2D eigenvalue weighted by Gasteiger charge is -2.30. The fourth-order valence-electron chi connectivity index (χ4n) is 2.32. The molecule has 1 aliphatic rings. The van der Waals surface area contributed by atoms with Gasteiger partial charge in [-0.15, -0.1) is 0 Å². The van der Waals surface area contributed by atoms with E-state index in [9.17, 15) is 8.42 Å². The fourth-order valence-corrected chi connectivity index (χ4v) is 3.99. The summed E-state index contributed by atoms with van der Waals surface area (Å²) in [4.78, 5) is 0.148. The number of benzene rings is 1. The minimum atomic E-state index is -3.59. The Morgan fingerprint density at radius 2 is 2.05 bits per heavy atom. The summed E-state index contributed by atoms with van der Waals surface area (Å²) in [6.45, 7) is 0.836. The lowest BCUT2D eigenvalue weighted by atomic mass is 10.1. The molecule has 1 heterocycles. The molecule has 0 spiro atoms. The highest BCUT2D eigenvalue weighted by Gasteiger charge is 2.31. The van der Waals surface area contributed by atoms with Gasteiger partial charge in [0.2, 0.25) is 10.0 Å². The first-order valence-electron chi connectivity index (χ1n) is 6.47. The monoisotopic (exact) mass is 300 g/mol. The first-order valence-corrected chi connectivity index (χ1v) is 7.91. The van der Waals surface area contributed by atoms with E-state index >= 15 is 0 Å². The number of piperidine rings is 1. The number of rotatable bonds is 4. The molecule has 6 nitrogen and oxygen atoms in total. The standard InChI is InChI=1S/C13H20N2O4S/c1-18-11-5-6-13(12(8-11)19-2)20(16,17)15-7-3-4-10(14)9-15/h5-6,8,10H,3-4,7,9,14H2,1-2H3. The van der Waals surface area contributed by atoms with Crippen molar-refractivity contribution in [2.24, 2.45) is 5.73 Å². The van der Waals surface area contributed by atoms with Crippen molar-refractivity contribution in [3.63, 3.8) is 0 Å². The molecule has 0 aromatic heterocycles. The van der Waals surface area contributed by atoms with Gasteiger partial charge >= 0.3 is 0 Å². The predicted molar refractivity (Wildman–Crippen MR) is 75.5 cm³/mol. The van der Waals surface area contributed by atoms with Crippen molar-refractivity contribution in [1.29, 1.82) is 0 Å². The van der Waals surface area contributed by atoms with E-state index < -0.39 is 10.0 Å². The molecule has 0 amide bonds. The Morgan fingerprint density at radius 1 is 1.30 bits per heavy atom. The van der Waals surface area contributed by atoms with E-state index in [1.54, 1.807) is 12.1 Å². The van der Waals surface area contributed by atoms with Gasteiger partial charge in [0.1, 0.15) is 16.4 Å². The molecule has 1 aromatic carbocycles. The van der Waals surface area contributed by atoms with Crippen LogP contribution in [-0.4, -0.2) is 46.1 Å². The Hall–Kier alpha value is -1.31. The SMILES string of the molecule is COc1ccc(S(=O)(=O)N2CCCC(N)C2)c(OC)c1. The van der Waals surface area contributed by atoms with Crippen LogP contribution in [0.15, 0.2) is 23.1 Å². The van der Waals surface area contributed by atoms with Gasteiger partial charge < -0.3 is 15.2 Å². The summed E-state index contributed by atoms with van der Waals surface area (Å²) in [5, 5.41) is 0. The third-order valence-corrected chi connectivity index (χ3v) is 5.31. The zero-order valence-electron chi connectivity index (χ0n) is 11.7. The van der Waals surface area contributed by atoms with Crippen molar-refractivity contribution >= 4 is 10.0 Å². The number of ether oxygens (including phenoxy) is 2. The summed E-state index contributed by atoms with van der Waals surface area (Å²) < 4.78 is 37.0. The molecular weight excluding hydrogens is 280 g/mol. The molecule has 1 aromatic rings. The molecule has 0 bridgehead atoms. The quantitative estimate of drug-likeness (QED) is 0.890. The average Bonchev–Trinajstić information content (AvgIpc) is 2.46. The molecule has 1 saturated heterocycles. The summed E-state index contributed by atoms with van der Waals surface area (Å²) in [5.74, 6) is 0.833. The highest BCUT2D eigenvalue weighted by Crippen LogP contribution is 2.31. The van der Waals surface area contributed by atoms with Crippen molar-refractivity contribution in [3.05, 3.63) is 18.2 Å². The lowest BCUT2D eigenvalue weighted by Crippen LogP contribution is -2.45. The first kappa shape index (κ1) is 15.1. The molecule has 0 radical (unpaired) electrons. The first-order chi connectivity index (χ1) is 9.48. The minimum Gasteiger partial charge on any atom is -0.497 e. The van der Waals surface area contributed by atoms with Gasteiger partial charge in [-0.2, -0.15) is 4.31 Å². The minimum absolute atomic E-state index is 0.109. The Bertz CT molecular complexity index is 574. The Morgan fingerprint density at radius 3 is 2.65 bits per heavy atom. The van der Waals surface area contributed by atoms with Crippen LogP contribution in [-0.2, 0) is 10.0 Å². The summed E-state index contributed by atoms with van der Waals surface area (Å²) in [6.07, 6.45) is 1.63. The molecule has 2 N–H and O–H groups in total. The molecule has 20 heavy (non-hydrogen) atoms. The van der Waals surface area contributed by atoms with Gasteiger partial charge in [-0.05, 0) is 25.0 Å². The van der Waals surface area contributed by atoms with Crippen LogP contribution in [0, 0.1) is 0 Å². The van der Waals surface area contributed by atoms with Crippen LogP contribution in [0.2, 0.25) is 0 Å². The van der Waals surface area contributed by atoms with E-state index in [2.05, 4.69) is 0 Å². The smallest absolute Gasteiger partial charge is 0.246 e. The van der Waals surface area contributed by atoms with Crippen LogP contribution in [0.3, 0.4) is 0 Å². The van der Waals surface area contributed by atoms with Gasteiger partial charge in [-0.1, -0.05) is 0 Å². The highest BCUT2D eigenvalue weighted by molar-refractivity contribution is 7.89. The normalized spacial score (nSPS) is 20.6. The number of hydrogen-bond donors (Lipinski definition) is 1. The molecule has 1 unspecified atom stereocenters. The van der Waals surface area contributed by atoms with Gasteiger partial charge in [0.05, 0.1) is 14.2 Å². The van der Waals surface area contributed by atoms with Gasteiger partial charge in [0, 0.05) is 25.2 Å².